The maximum absolute atomic E-state index is 11.1. The highest BCUT2D eigenvalue weighted by atomic mass is 16.6. The molecule has 2 unspecified atom stereocenters. The third-order valence-electron chi connectivity index (χ3n) is 2.75. The molecule has 0 aromatic heterocycles. The van der Waals surface area contributed by atoms with Crippen molar-refractivity contribution in [3.05, 3.63) is 26.7 Å². The normalized spacial score (nSPS) is 14.9. The van der Waals surface area contributed by atoms with Crippen molar-refractivity contribution in [2.24, 2.45) is 11.1 Å². The SMILES string of the molecule is CCC(=CC(CNC(C)=O)N=O)C(C(C)C)[N+](=O)[O-]. The van der Waals surface area contributed by atoms with Crippen LogP contribution in [0.3, 0.4) is 0 Å². The van der Waals surface area contributed by atoms with Crippen molar-refractivity contribution in [1.82, 2.24) is 5.32 Å². The molecule has 0 saturated carbocycles. The van der Waals surface area contributed by atoms with Gasteiger partial charge in [-0.3, -0.25) is 14.9 Å². The number of hydrogen-bond donors (Lipinski definition) is 1. The van der Waals surface area contributed by atoms with Crippen molar-refractivity contribution in [2.75, 3.05) is 6.54 Å². The summed E-state index contributed by atoms with van der Waals surface area (Å²) >= 11 is 0. The van der Waals surface area contributed by atoms with E-state index in [9.17, 15) is 19.8 Å². The summed E-state index contributed by atoms with van der Waals surface area (Å²) in [6.45, 7) is 6.71. The van der Waals surface area contributed by atoms with E-state index in [0.29, 0.717) is 12.0 Å². The van der Waals surface area contributed by atoms with Crippen LogP contribution in [0.15, 0.2) is 16.8 Å². The highest BCUT2D eigenvalue weighted by Crippen LogP contribution is 2.19. The van der Waals surface area contributed by atoms with E-state index in [4.69, 9.17) is 0 Å². The highest BCUT2D eigenvalue weighted by Gasteiger charge is 2.28. The Morgan fingerprint density at radius 1 is 1.47 bits per heavy atom. The monoisotopic (exact) mass is 271 g/mol. The van der Waals surface area contributed by atoms with Crippen LogP contribution in [0.1, 0.15) is 34.1 Å². The standard InChI is InChI=1S/C12H21N3O4/c1-5-10(12(8(2)3)15(18)19)6-11(14-17)7-13-9(4)16/h6,8,11-12H,5,7H2,1-4H3,(H,13,16). The Labute approximate surface area is 112 Å². The van der Waals surface area contributed by atoms with Gasteiger partial charge in [-0.05, 0) is 12.5 Å². The van der Waals surface area contributed by atoms with Gasteiger partial charge in [-0.1, -0.05) is 25.9 Å². The number of nitrogens with one attached hydrogen (secondary N) is 1. The second-order valence-electron chi connectivity index (χ2n) is 4.68. The molecule has 7 heteroatoms. The lowest BCUT2D eigenvalue weighted by Gasteiger charge is -2.16. The predicted octanol–water partition coefficient (Wildman–Crippen LogP) is 1.90. The summed E-state index contributed by atoms with van der Waals surface area (Å²) in [6, 6.07) is -1.60. The van der Waals surface area contributed by atoms with Crippen LogP contribution in [0, 0.1) is 20.9 Å². The summed E-state index contributed by atoms with van der Waals surface area (Å²) in [6.07, 6.45) is 1.96. The van der Waals surface area contributed by atoms with Crippen LogP contribution in [0.4, 0.5) is 0 Å². The van der Waals surface area contributed by atoms with Gasteiger partial charge in [0.1, 0.15) is 6.04 Å². The van der Waals surface area contributed by atoms with Gasteiger partial charge in [0, 0.05) is 29.9 Å². The van der Waals surface area contributed by atoms with E-state index in [1.807, 2.05) is 0 Å². The number of hydrogen-bond acceptors (Lipinski definition) is 5. The lowest BCUT2D eigenvalue weighted by molar-refractivity contribution is -0.520. The van der Waals surface area contributed by atoms with Crippen LogP contribution in [0.5, 0.6) is 0 Å². The first-order valence-electron chi connectivity index (χ1n) is 6.24. The molecule has 108 valence electrons. The molecule has 0 aromatic rings. The fourth-order valence-electron chi connectivity index (χ4n) is 1.85. The van der Waals surface area contributed by atoms with Gasteiger partial charge in [0.2, 0.25) is 11.9 Å². The Morgan fingerprint density at radius 2 is 2.05 bits per heavy atom. The molecule has 0 aromatic carbocycles. The van der Waals surface area contributed by atoms with Crippen molar-refractivity contribution in [2.45, 2.75) is 46.2 Å². The molecule has 0 fully saturated rings. The van der Waals surface area contributed by atoms with Gasteiger partial charge in [-0.2, -0.15) is 4.91 Å². The summed E-state index contributed by atoms with van der Waals surface area (Å²) in [5.74, 6) is -0.441. The fourth-order valence-corrected chi connectivity index (χ4v) is 1.85. The van der Waals surface area contributed by atoms with Gasteiger partial charge >= 0.3 is 0 Å². The quantitative estimate of drug-likeness (QED) is 0.315. The van der Waals surface area contributed by atoms with Crippen LogP contribution in [0.25, 0.3) is 0 Å². The molecule has 0 aliphatic heterocycles. The first-order chi connectivity index (χ1) is 8.83. The van der Waals surface area contributed by atoms with Crippen molar-refractivity contribution >= 4 is 5.91 Å². The van der Waals surface area contributed by atoms with Crippen LogP contribution >= 0.6 is 0 Å². The lowest BCUT2D eigenvalue weighted by atomic mass is 9.93. The number of amides is 1. The Kier molecular flexibility index (Phi) is 7.55. The molecule has 7 nitrogen and oxygen atoms in total. The summed E-state index contributed by atoms with van der Waals surface area (Å²) < 4.78 is 0. The van der Waals surface area contributed by atoms with Gasteiger partial charge in [0.15, 0.2) is 0 Å². The van der Waals surface area contributed by atoms with Gasteiger partial charge in [-0.25, -0.2) is 0 Å². The number of nitrogens with zero attached hydrogens (tertiary/aromatic N) is 2. The number of nitro groups is 1. The molecule has 1 amide bonds. The van der Waals surface area contributed by atoms with Gasteiger partial charge in [-0.15, -0.1) is 0 Å². The second-order valence-corrected chi connectivity index (χ2v) is 4.68. The Balaban J connectivity index is 5.05. The predicted molar refractivity (Wildman–Crippen MR) is 72.3 cm³/mol. The molecule has 0 heterocycles. The highest BCUT2D eigenvalue weighted by molar-refractivity contribution is 5.72. The van der Waals surface area contributed by atoms with Crippen LogP contribution in [0.2, 0.25) is 0 Å². The number of carbonyl (C=O) groups excluding carboxylic acids is 1. The van der Waals surface area contributed by atoms with Crippen molar-refractivity contribution in [3.63, 3.8) is 0 Å². The van der Waals surface area contributed by atoms with Crippen molar-refractivity contribution in [3.8, 4) is 0 Å². The number of nitroso groups, excluding NO2 is 1. The van der Waals surface area contributed by atoms with Crippen LogP contribution in [-0.4, -0.2) is 29.5 Å². The third-order valence-corrected chi connectivity index (χ3v) is 2.75. The van der Waals surface area contributed by atoms with E-state index in [2.05, 4.69) is 10.5 Å². The van der Waals surface area contributed by atoms with E-state index in [-0.39, 0.29) is 23.3 Å². The molecule has 0 aliphatic carbocycles. The number of rotatable bonds is 8. The van der Waals surface area contributed by atoms with Crippen LogP contribution in [-0.2, 0) is 4.79 Å². The summed E-state index contributed by atoms with van der Waals surface area (Å²) in [7, 11) is 0. The van der Waals surface area contributed by atoms with Crippen LogP contribution < -0.4 is 5.32 Å². The average Bonchev–Trinajstić information content (AvgIpc) is 2.31. The third kappa shape index (κ3) is 6.08. The molecule has 19 heavy (non-hydrogen) atoms. The molecule has 2 atom stereocenters. The Morgan fingerprint density at radius 3 is 2.37 bits per heavy atom. The van der Waals surface area contributed by atoms with E-state index in [0.717, 1.165) is 0 Å². The van der Waals surface area contributed by atoms with Gasteiger partial charge < -0.3 is 5.32 Å². The van der Waals surface area contributed by atoms with Crippen molar-refractivity contribution < 1.29 is 9.72 Å². The van der Waals surface area contributed by atoms with E-state index in [1.165, 1.54) is 13.0 Å². The zero-order valence-electron chi connectivity index (χ0n) is 11.8. The molecule has 0 radical (unpaired) electrons. The molecule has 0 bridgehead atoms. The largest absolute Gasteiger partial charge is 0.354 e. The van der Waals surface area contributed by atoms with Gasteiger partial charge in [0.05, 0.1) is 0 Å². The maximum atomic E-state index is 11.1. The van der Waals surface area contributed by atoms with E-state index in [1.54, 1.807) is 20.8 Å². The zero-order chi connectivity index (χ0) is 15.0. The minimum absolute atomic E-state index is 0.0604. The minimum atomic E-state index is -0.827. The molecular weight excluding hydrogens is 250 g/mol. The number of carbonyl (C=O) groups is 1. The second kappa shape index (κ2) is 8.34. The topological polar surface area (TPSA) is 102 Å². The zero-order valence-corrected chi connectivity index (χ0v) is 11.8. The maximum Gasteiger partial charge on any atom is 0.236 e. The average molecular weight is 271 g/mol. The molecule has 0 spiro atoms. The fraction of sp³-hybridized carbons (Fsp3) is 0.750. The molecule has 0 aliphatic rings. The summed E-state index contributed by atoms with van der Waals surface area (Å²) in [5.41, 5.74) is 0.565. The Hall–Kier alpha value is -1.79. The molecular formula is C12H21N3O4. The molecule has 0 saturated heterocycles. The Bertz CT molecular complexity index is 366. The summed E-state index contributed by atoms with van der Waals surface area (Å²) in [4.78, 5) is 32.2. The first-order valence-corrected chi connectivity index (χ1v) is 6.24. The van der Waals surface area contributed by atoms with E-state index >= 15 is 0 Å². The molecule has 0 rings (SSSR count). The minimum Gasteiger partial charge on any atom is -0.354 e. The first kappa shape index (κ1) is 17.2. The van der Waals surface area contributed by atoms with E-state index < -0.39 is 12.1 Å². The van der Waals surface area contributed by atoms with Gasteiger partial charge in [0.25, 0.3) is 0 Å². The smallest absolute Gasteiger partial charge is 0.236 e. The molecule has 1 N–H and O–H groups in total. The summed E-state index contributed by atoms with van der Waals surface area (Å²) in [5, 5.41) is 16.4. The lowest BCUT2D eigenvalue weighted by Crippen LogP contribution is -2.31. The van der Waals surface area contributed by atoms with Crippen molar-refractivity contribution in [1.29, 1.82) is 0 Å².